The molecule has 2 aliphatic carbocycles. The first-order valence-corrected chi connectivity index (χ1v) is 9.05. The van der Waals surface area contributed by atoms with Gasteiger partial charge in [-0.3, -0.25) is 0 Å². The number of aliphatic hydroxyl groups excluding tert-OH is 1. The molecule has 0 bridgehead atoms. The number of halogens is 1. The third-order valence-corrected chi connectivity index (χ3v) is 6.32. The zero-order valence-electron chi connectivity index (χ0n) is 14.6. The van der Waals surface area contributed by atoms with Crippen LogP contribution in [-0.4, -0.2) is 51.9 Å². The molecular weight excluding hydrogens is 360 g/mol. The Morgan fingerprint density at radius 2 is 2.12 bits per heavy atom. The number of esters is 2. The summed E-state index contributed by atoms with van der Waals surface area (Å²) in [5.41, 5.74) is -0.495. The second-order valence-corrected chi connectivity index (χ2v) is 7.78. The first-order valence-electron chi connectivity index (χ1n) is 8.52. The Morgan fingerprint density at radius 1 is 1.46 bits per heavy atom. The summed E-state index contributed by atoms with van der Waals surface area (Å²) in [6.45, 7) is 13.0. The lowest BCUT2D eigenvalue weighted by Gasteiger charge is -2.37. The summed E-state index contributed by atoms with van der Waals surface area (Å²) in [6.07, 6.45) is -2.04. The molecule has 26 heavy (non-hydrogen) atoms. The summed E-state index contributed by atoms with van der Waals surface area (Å²) < 4.78 is 11.1. The van der Waals surface area contributed by atoms with Gasteiger partial charge in [-0.2, -0.15) is 0 Å². The molecule has 0 amide bonds. The number of fused-ring (bicyclic) bond motifs is 3. The van der Waals surface area contributed by atoms with Crippen molar-refractivity contribution in [1.29, 1.82) is 0 Å². The summed E-state index contributed by atoms with van der Waals surface area (Å²) in [4.78, 5) is 24.3. The minimum absolute atomic E-state index is 0.182. The molecule has 3 rings (SSSR count). The van der Waals surface area contributed by atoms with Crippen molar-refractivity contribution < 1.29 is 29.3 Å². The molecule has 1 heterocycles. The van der Waals surface area contributed by atoms with Crippen LogP contribution < -0.4 is 0 Å². The van der Waals surface area contributed by atoms with Crippen molar-refractivity contribution in [3.05, 3.63) is 36.5 Å². The van der Waals surface area contributed by atoms with Gasteiger partial charge in [0.1, 0.15) is 17.8 Å². The zero-order chi connectivity index (χ0) is 19.4. The molecule has 0 radical (unpaired) electrons. The maximum absolute atomic E-state index is 12.2. The molecule has 4 unspecified atom stereocenters. The van der Waals surface area contributed by atoms with Gasteiger partial charge in [0.15, 0.2) is 0 Å². The molecule has 7 heteroatoms. The third kappa shape index (κ3) is 2.71. The number of ether oxygens (including phenoxy) is 2. The third-order valence-electron chi connectivity index (χ3n) is 5.89. The summed E-state index contributed by atoms with van der Waals surface area (Å²) in [7, 11) is 0. The molecule has 6 nitrogen and oxygen atoms in total. The number of alkyl halides is 1. The fraction of sp³-hybridized carbons (Fsp3) is 0.579. The molecule has 1 aliphatic heterocycles. The molecule has 3 aliphatic rings. The highest BCUT2D eigenvalue weighted by Crippen LogP contribution is 2.55. The number of rotatable bonds is 3. The minimum Gasteiger partial charge on any atom is -0.458 e. The van der Waals surface area contributed by atoms with Gasteiger partial charge < -0.3 is 19.7 Å². The Labute approximate surface area is 157 Å². The zero-order valence-corrected chi connectivity index (χ0v) is 15.4. The lowest BCUT2D eigenvalue weighted by atomic mass is 9.76. The number of carbonyl (C=O) groups is 2. The number of hydrogen-bond acceptors (Lipinski definition) is 6. The van der Waals surface area contributed by atoms with Crippen LogP contribution in [0.3, 0.4) is 0 Å². The first kappa shape index (κ1) is 19.1. The van der Waals surface area contributed by atoms with Crippen LogP contribution in [0.2, 0.25) is 0 Å². The van der Waals surface area contributed by atoms with Crippen molar-refractivity contribution >= 4 is 23.5 Å². The average Bonchev–Trinajstić information content (AvgIpc) is 2.97. The molecule has 7 atom stereocenters. The van der Waals surface area contributed by atoms with Gasteiger partial charge >= 0.3 is 11.9 Å². The fourth-order valence-electron chi connectivity index (χ4n) is 4.50. The summed E-state index contributed by atoms with van der Waals surface area (Å²) in [5.74, 6) is -2.99. The van der Waals surface area contributed by atoms with Crippen molar-refractivity contribution in [1.82, 2.24) is 0 Å². The van der Waals surface area contributed by atoms with Gasteiger partial charge in [-0.05, 0) is 19.3 Å². The second-order valence-electron chi connectivity index (χ2n) is 7.52. The van der Waals surface area contributed by atoms with E-state index in [0.29, 0.717) is 5.57 Å². The van der Waals surface area contributed by atoms with Crippen molar-refractivity contribution in [3.8, 4) is 0 Å². The summed E-state index contributed by atoms with van der Waals surface area (Å²) in [5, 5.41) is 21.4. The first-order chi connectivity index (χ1) is 12.1. The van der Waals surface area contributed by atoms with Crippen LogP contribution in [0.15, 0.2) is 36.5 Å². The van der Waals surface area contributed by atoms with E-state index < -0.39 is 47.7 Å². The largest absolute Gasteiger partial charge is 0.458 e. The smallest absolute Gasteiger partial charge is 0.334 e. The molecule has 1 saturated heterocycles. The number of aliphatic hydroxyl groups is 2. The van der Waals surface area contributed by atoms with Gasteiger partial charge in [-0.1, -0.05) is 25.3 Å². The second kappa shape index (κ2) is 6.51. The lowest BCUT2D eigenvalue weighted by molar-refractivity contribution is -0.155. The van der Waals surface area contributed by atoms with E-state index in [-0.39, 0.29) is 35.8 Å². The predicted octanol–water partition coefficient (Wildman–Crippen LogP) is 1.50. The van der Waals surface area contributed by atoms with Gasteiger partial charge in [0, 0.05) is 23.5 Å². The van der Waals surface area contributed by atoms with Crippen LogP contribution in [0.5, 0.6) is 0 Å². The van der Waals surface area contributed by atoms with Crippen molar-refractivity contribution in [2.75, 3.05) is 5.88 Å². The van der Waals surface area contributed by atoms with Crippen LogP contribution in [0.1, 0.15) is 19.8 Å². The van der Waals surface area contributed by atoms with Crippen molar-refractivity contribution in [2.45, 2.75) is 43.7 Å². The normalized spacial score (nSPS) is 41.9. The Kier molecular flexibility index (Phi) is 4.80. The molecule has 2 saturated carbocycles. The topological polar surface area (TPSA) is 93.1 Å². The molecule has 0 aromatic carbocycles. The highest BCUT2D eigenvalue weighted by atomic mass is 35.5. The van der Waals surface area contributed by atoms with Gasteiger partial charge in [0.2, 0.25) is 0 Å². The highest BCUT2D eigenvalue weighted by molar-refractivity contribution is 6.18. The minimum atomic E-state index is -1.63. The molecule has 0 aromatic heterocycles. The molecular formula is C19H23ClO6. The Bertz CT molecular complexity index is 700. The fourth-order valence-corrected chi connectivity index (χ4v) is 4.86. The van der Waals surface area contributed by atoms with E-state index in [1.807, 2.05) is 0 Å². The van der Waals surface area contributed by atoms with E-state index in [0.717, 1.165) is 0 Å². The maximum atomic E-state index is 12.2. The van der Waals surface area contributed by atoms with Gasteiger partial charge in [-0.15, -0.1) is 11.6 Å². The van der Waals surface area contributed by atoms with Gasteiger partial charge in [0.25, 0.3) is 0 Å². The van der Waals surface area contributed by atoms with Crippen LogP contribution in [0, 0.1) is 17.8 Å². The monoisotopic (exact) mass is 382 g/mol. The predicted molar refractivity (Wildman–Crippen MR) is 94.2 cm³/mol. The van der Waals surface area contributed by atoms with Crippen molar-refractivity contribution in [2.24, 2.45) is 17.8 Å². The molecule has 3 fully saturated rings. The van der Waals surface area contributed by atoms with E-state index in [9.17, 15) is 19.8 Å². The van der Waals surface area contributed by atoms with Crippen LogP contribution >= 0.6 is 11.6 Å². The van der Waals surface area contributed by atoms with E-state index in [2.05, 4.69) is 19.7 Å². The van der Waals surface area contributed by atoms with E-state index in [1.165, 1.54) is 6.92 Å². The molecule has 0 spiro atoms. The summed E-state index contributed by atoms with van der Waals surface area (Å²) >= 11 is 5.99. The number of carbonyl (C=O) groups excluding carboxylic acids is 2. The molecule has 2 N–H and O–H groups in total. The van der Waals surface area contributed by atoms with E-state index in [1.54, 1.807) is 0 Å². The highest BCUT2D eigenvalue weighted by Gasteiger charge is 2.64. The van der Waals surface area contributed by atoms with Gasteiger partial charge in [0.05, 0.1) is 17.9 Å². The Hall–Kier alpha value is -1.63. The van der Waals surface area contributed by atoms with E-state index in [4.69, 9.17) is 21.1 Å². The molecule has 0 aromatic rings. The quantitative estimate of drug-likeness (QED) is 0.332. The van der Waals surface area contributed by atoms with E-state index >= 15 is 0 Å². The Morgan fingerprint density at radius 3 is 2.69 bits per heavy atom. The van der Waals surface area contributed by atoms with Gasteiger partial charge in [-0.25, -0.2) is 9.59 Å². The average molecular weight is 383 g/mol. The van der Waals surface area contributed by atoms with Crippen LogP contribution in [-0.2, 0) is 19.1 Å². The number of hydrogen-bond donors (Lipinski definition) is 2. The SMILES string of the molecule is C=C(C)C(=O)O[C@H]1CC(=C)C2C[C@@H](O)C(O)(CCl)C2[C@H]2OC(=O)C(=C)C21. The van der Waals surface area contributed by atoms with Crippen LogP contribution in [0.4, 0.5) is 0 Å². The van der Waals surface area contributed by atoms with Crippen LogP contribution in [0.25, 0.3) is 0 Å². The van der Waals surface area contributed by atoms with Crippen molar-refractivity contribution in [3.63, 3.8) is 0 Å². The summed E-state index contributed by atoms with van der Waals surface area (Å²) in [6, 6.07) is 0. The Balaban J connectivity index is 2.04. The molecule has 142 valence electrons. The standard InChI is InChI=1S/C19H23ClO6/c1-8(2)17(22)25-12-5-9(3)11-6-13(21)19(24,7-20)15(11)16-14(12)10(4)18(23)26-16/h11-16,21,24H,1,3-7H2,2H3/t11?,12-,13+,14?,15?,16-,19?/m0/s1. The maximum Gasteiger partial charge on any atom is 0.334 e. The lowest BCUT2D eigenvalue weighted by Crippen LogP contribution is -2.52.